The van der Waals surface area contributed by atoms with Gasteiger partial charge in [-0.05, 0) is 51.0 Å². The zero-order valence-electron chi connectivity index (χ0n) is 15.4. The summed E-state index contributed by atoms with van der Waals surface area (Å²) in [7, 11) is 0. The molecule has 0 aliphatic carbocycles. The fourth-order valence-electron chi connectivity index (χ4n) is 3.81. The van der Waals surface area contributed by atoms with E-state index in [9.17, 15) is 0 Å². The van der Waals surface area contributed by atoms with Crippen molar-refractivity contribution in [1.29, 1.82) is 0 Å². The van der Waals surface area contributed by atoms with Crippen LogP contribution in [0.25, 0.3) is 27.8 Å². The minimum absolute atomic E-state index is 0.0970. The van der Waals surface area contributed by atoms with Crippen molar-refractivity contribution < 1.29 is 4.74 Å². The van der Waals surface area contributed by atoms with Gasteiger partial charge in [-0.15, -0.1) is 5.10 Å². The molecule has 0 amide bonds. The van der Waals surface area contributed by atoms with E-state index in [1.807, 2.05) is 35.1 Å². The molecule has 1 atom stereocenters. The fourth-order valence-corrected chi connectivity index (χ4v) is 3.81. The van der Waals surface area contributed by atoms with Gasteiger partial charge in [0.25, 0.3) is 0 Å². The summed E-state index contributed by atoms with van der Waals surface area (Å²) < 4.78 is 7.71. The number of benzene rings is 1. The van der Waals surface area contributed by atoms with Gasteiger partial charge in [0.15, 0.2) is 5.65 Å². The number of hydrogen-bond donors (Lipinski definition) is 2. The van der Waals surface area contributed by atoms with E-state index in [0.717, 1.165) is 53.1 Å². The predicted molar refractivity (Wildman–Crippen MR) is 105 cm³/mol. The molecule has 0 radical (unpaired) electrons. The molecule has 1 fully saturated rings. The van der Waals surface area contributed by atoms with Crippen molar-refractivity contribution in [2.45, 2.75) is 38.3 Å². The Bertz CT molecular complexity index is 1110. The third-order valence-electron chi connectivity index (χ3n) is 5.15. The van der Waals surface area contributed by atoms with Gasteiger partial charge in [-0.3, -0.25) is 5.10 Å². The number of fused-ring (bicyclic) bond motifs is 2. The average Bonchev–Trinajstić information content (AvgIpc) is 3.26. The second-order valence-corrected chi connectivity index (χ2v) is 7.75. The second kappa shape index (κ2) is 6.06. The summed E-state index contributed by atoms with van der Waals surface area (Å²) in [6.45, 7) is 5.04. The zero-order chi connectivity index (χ0) is 18.4. The maximum Gasteiger partial charge on any atom is 0.154 e. The van der Waals surface area contributed by atoms with Crippen LogP contribution in [0.2, 0.25) is 0 Å². The topological polar surface area (TPSA) is 80.1 Å². The lowest BCUT2D eigenvalue weighted by Gasteiger charge is -2.36. The van der Waals surface area contributed by atoms with Crippen molar-refractivity contribution in [3.63, 3.8) is 0 Å². The van der Waals surface area contributed by atoms with Gasteiger partial charge >= 0.3 is 0 Å². The van der Waals surface area contributed by atoms with E-state index in [4.69, 9.17) is 9.84 Å². The molecule has 4 aromatic rings. The molecule has 27 heavy (non-hydrogen) atoms. The van der Waals surface area contributed by atoms with Gasteiger partial charge < -0.3 is 10.1 Å². The van der Waals surface area contributed by atoms with E-state index in [2.05, 4.69) is 46.5 Å². The van der Waals surface area contributed by atoms with Crippen LogP contribution in [0.5, 0.6) is 0 Å². The third kappa shape index (κ3) is 3.04. The summed E-state index contributed by atoms with van der Waals surface area (Å²) in [5.41, 5.74) is 3.78. The Kier molecular flexibility index (Phi) is 3.65. The van der Waals surface area contributed by atoms with E-state index >= 15 is 0 Å². The standard InChI is InChI=1S/C20H22N6O/c1-20(2)10-15(7-8-27-20)23-18-5-6-19-21-12-17(26(19)25-18)13-3-4-16-14(9-13)11-22-24-16/h3-6,9,11-12,15H,7-8,10H2,1-2H3,(H,22,24)(H,23,25). The highest BCUT2D eigenvalue weighted by atomic mass is 16.5. The molecule has 1 unspecified atom stereocenters. The first-order valence-corrected chi connectivity index (χ1v) is 9.26. The summed E-state index contributed by atoms with van der Waals surface area (Å²) in [6.07, 6.45) is 5.64. The molecule has 3 aromatic heterocycles. The van der Waals surface area contributed by atoms with Crippen LogP contribution in [0.1, 0.15) is 26.7 Å². The highest BCUT2D eigenvalue weighted by Gasteiger charge is 2.29. The van der Waals surface area contributed by atoms with Crippen LogP contribution in [0.15, 0.2) is 42.7 Å². The summed E-state index contributed by atoms with van der Waals surface area (Å²) in [6, 6.07) is 10.5. The zero-order valence-corrected chi connectivity index (χ0v) is 15.4. The number of anilines is 1. The van der Waals surface area contributed by atoms with Crippen molar-refractivity contribution >= 4 is 22.4 Å². The normalized spacial score (nSPS) is 19.6. The molecule has 138 valence electrons. The number of nitrogens with zero attached hydrogens (tertiary/aromatic N) is 4. The van der Waals surface area contributed by atoms with Crippen LogP contribution in [-0.2, 0) is 4.74 Å². The molecule has 0 bridgehead atoms. The predicted octanol–water partition coefficient (Wildman–Crippen LogP) is 3.64. The number of rotatable bonds is 3. The molecule has 1 aromatic carbocycles. The lowest BCUT2D eigenvalue weighted by atomic mass is 9.94. The number of ether oxygens (including phenoxy) is 1. The SMILES string of the molecule is CC1(C)CC(Nc2ccc3ncc(-c4ccc5[nH]ncc5c4)n3n2)CCO1. The molecule has 4 heterocycles. The van der Waals surface area contributed by atoms with Crippen molar-refractivity contribution in [3.8, 4) is 11.3 Å². The van der Waals surface area contributed by atoms with Gasteiger partial charge in [0.1, 0.15) is 5.82 Å². The molecule has 0 spiro atoms. The van der Waals surface area contributed by atoms with Gasteiger partial charge in [-0.2, -0.15) is 5.10 Å². The van der Waals surface area contributed by atoms with Crippen LogP contribution in [0.4, 0.5) is 5.82 Å². The van der Waals surface area contributed by atoms with Crippen molar-refractivity contribution in [1.82, 2.24) is 24.8 Å². The molecule has 7 heteroatoms. The first-order chi connectivity index (χ1) is 13.1. The molecule has 2 N–H and O–H groups in total. The maximum atomic E-state index is 5.81. The van der Waals surface area contributed by atoms with E-state index in [-0.39, 0.29) is 5.60 Å². The van der Waals surface area contributed by atoms with Crippen molar-refractivity contribution in [2.75, 3.05) is 11.9 Å². The highest BCUT2D eigenvalue weighted by Crippen LogP contribution is 2.27. The Morgan fingerprint density at radius 2 is 2.15 bits per heavy atom. The molecule has 0 saturated carbocycles. The largest absolute Gasteiger partial charge is 0.375 e. The van der Waals surface area contributed by atoms with Crippen LogP contribution in [-0.4, -0.2) is 43.0 Å². The van der Waals surface area contributed by atoms with E-state index in [1.54, 1.807) is 0 Å². The number of aromatic amines is 1. The number of nitrogens with one attached hydrogen (secondary N) is 2. The first kappa shape index (κ1) is 16.3. The molecular weight excluding hydrogens is 340 g/mol. The Morgan fingerprint density at radius 3 is 3.04 bits per heavy atom. The Balaban J connectivity index is 1.49. The third-order valence-corrected chi connectivity index (χ3v) is 5.15. The Labute approximate surface area is 156 Å². The van der Waals surface area contributed by atoms with Crippen molar-refractivity contribution in [3.05, 3.63) is 42.7 Å². The molecule has 5 rings (SSSR count). The number of imidazole rings is 1. The van der Waals surface area contributed by atoms with Crippen LogP contribution >= 0.6 is 0 Å². The van der Waals surface area contributed by atoms with Gasteiger partial charge in [-0.1, -0.05) is 6.07 Å². The highest BCUT2D eigenvalue weighted by molar-refractivity contribution is 5.83. The van der Waals surface area contributed by atoms with E-state index in [0.29, 0.717) is 6.04 Å². The van der Waals surface area contributed by atoms with Crippen LogP contribution in [0, 0.1) is 0 Å². The monoisotopic (exact) mass is 362 g/mol. The molecule has 1 saturated heterocycles. The lowest BCUT2D eigenvalue weighted by Crippen LogP contribution is -2.40. The maximum absolute atomic E-state index is 5.81. The minimum Gasteiger partial charge on any atom is -0.375 e. The van der Waals surface area contributed by atoms with Gasteiger partial charge in [0.2, 0.25) is 0 Å². The number of aromatic nitrogens is 5. The lowest BCUT2D eigenvalue weighted by molar-refractivity contribution is -0.0553. The number of H-pyrrole nitrogens is 1. The smallest absolute Gasteiger partial charge is 0.154 e. The molecule has 1 aliphatic rings. The van der Waals surface area contributed by atoms with E-state index < -0.39 is 0 Å². The van der Waals surface area contributed by atoms with E-state index in [1.165, 1.54) is 0 Å². The summed E-state index contributed by atoms with van der Waals surface area (Å²) in [5.74, 6) is 0.855. The Morgan fingerprint density at radius 1 is 1.22 bits per heavy atom. The quantitative estimate of drug-likeness (QED) is 0.582. The minimum atomic E-state index is -0.0970. The Hall–Kier alpha value is -2.93. The van der Waals surface area contributed by atoms with Gasteiger partial charge in [0.05, 0.1) is 29.2 Å². The van der Waals surface area contributed by atoms with Crippen LogP contribution < -0.4 is 5.32 Å². The van der Waals surface area contributed by atoms with Crippen molar-refractivity contribution in [2.24, 2.45) is 0 Å². The summed E-state index contributed by atoms with van der Waals surface area (Å²) in [5, 5.41) is 16.5. The van der Waals surface area contributed by atoms with Gasteiger partial charge in [-0.25, -0.2) is 9.50 Å². The number of hydrogen-bond acceptors (Lipinski definition) is 5. The first-order valence-electron chi connectivity index (χ1n) is 9.26. The molecular formula is C20H22N6O. The second-order valence-electron chi connectivity index (χ2n) is 7.75. The summed E-state index contributed by atoms with van der Waals surface area (Å²) in [4.78, 5) is 4.50. The molecule has 1 aliphatic heterocycles. The average molecular weight is 362 g/mol. The summed E-state index contributed by atoms with van der Waals surface area (Å²) >= 11 is 0. The van der Waals surface area contributed by atoms with Gasteiger partial charge in [0, 0.05) is 23.6 Å². The van der Waals surface area contributed by atoms with Crippen LogP contribution in [0.3, 0.4) is 0 Å². The molecule has 7 nitrogen and oxygen atoms in total. The fraction of sp³-hybridized carbons (Fsp3) is 0.350.